The molecular weight excluding hydrogens is 289 g/mol. The minimum Gasteiger partial charge on any atom is -0.388 e. The number of aliphatic hydroxyl groups is 2. The van der Waals surface area contributed by atoms with Gasteiger partial charge in [0.25, 0.3) is 5.91 Å². The second-order valence-corrected chi connectivity index (χ2v) is 4.29. The lowest BCUT2D eigenvalue weighted by molar-refractivity contribution is 0.0572. The molecule has 0 aliphatic carbocycles. The third-order valence-corrected chi connectivity index (χ3v) is 2.97. The molecule has 1 saturated heterocycles. The highest BCUT2D eigenvalue weighted by molar-refractivity contribution is 5.95. The van der Waals surface area contributed by atoms with Crippen LogP contribution in [0.1, 0.15) is 10.4 Å². The van der Waals surface area contributed by atoms with E-state index in [-0.39, 0.29) is 0 Å². The summed E-state index contributed by atoms with van der Waals surface area (Å²) < 4.78 is 65.6. The van der Waals surface area contributed by atoms with E-state index in [1.54, 1.807) is 0 Å². The fraction of sp³-hybridized carbons (Fsp3) is 0.364. The minimum atomic E-state index is -2.36. The molecule has 2 N–H and O–H groups in total. The van der Waals surface area contributed by atoms with Crippen LogP contribution in [-0.4, -0.2) is 46.3 Å². The number of hydrogen-bond acceptors (Lipinski definition) is 3. The predicted molar refractivity (Wildman–Crippen MR) is 54.1 cm³/mol. The smallest absolute Gasteiger partial charge is 0.260 e. The van der Waals surface area contributed by atoms with E-state index in [2.05, 4.69) is 0 Å². The molecular formula is C11H8F5NO3. The number of aliphatic hydroxyl groups excluding tert-OH is 2. The van der Waals surface area contributed by atoms with Crippen LogP contribution in [0.15, 0.2) is 0 Å². The van der Waals surface area contributed by atoms with Crippen LogP contribution in [0.2, 0.25) is 0 Å². The lowest BCUT2D eigenvalue weighted by Crippen LogP contribution is -2.32. The summed E-state index contributed by atoms with van der Waals surface area (Å²) in [6, 6.07) is 0. The zero-order valence-electron chi connectivity index (χ0n) is 9.71. The second kappa shape index (κ2) is 4.98. The molecule has 9 heteroatoms. The van der Waals surface area contributed by atoms with Crippen LogP contribution in [0.4, 0.5) is 22.0 Å². The predicted octanol–water partition coefficient (Wildman–Crippen LogP) is 0.560. The molecule has 0 unspecified atom stereocenters. The van der Waals surface area contributed by atoms with E-state index < -0.39 is 65.9 Å². The maximum Gasteiger partial charge on any atom is 0.260 e. The van der Waals surface area contributed by atoms with E-state index in [0.29, 0.717) is 4.90 Å². The van der Waals surface area contributed by atoms with Crippen molar-refractivity contribution in [1.29, 1.82) is 0 Å². The third kappa shape index (κ3) is 2.12. The maximum atomic E-state index is 13.4. The Morgan fingerprint density at radius 1 is 0.850 bits per heavy atom. The van der Waals surface area contributed by atoms with Crippen LogP contribution in [0.3, 0.4) is 0 Å². The molecule has 1 aliphatic rings. The van der Waals surface area contributed by atoms with Crippen LogP contribution in [0.5, 0.6) is 0 Å². The van der Waals surface area contributed by atoms with Crippen molar-refractivity contribution in [3.8, 4) is 0 Å². The van der Waals surface area contributed by atoms with Crippen LogP contribution >= 0.6 is 0 Å². The first-order valence-electron chi connectivity index (χ1n) is 5.42. The molecule has 0 spiro atoms. The normalized spacial score (nSPS) is 22.4. The van der Waals surface area contributed by atoms with Gasteiger partial charge in [0.1, 0.15) is 5.56 Å². The van der Waals surface area contributed by atoms with E-state index in [1.165, 1.54) is 0 Å². The number of β-amino-alcohol motifs (C(OH)–C–C–N with tert-alkyl or cyclic N) is 2. The molecule has 0 radical (unpaired) electrons. The van der Waals surface area contributed by atoms with E-state index in [9.17, 15) is 37.0 Å². The summed E-state index contributed by atoms with van der Waals surface area (Å²) in [6.07, 6.45) is -2.69. The van der Waals surface area contributed by atoms with Gasteiger partial charge in [0, 0.05) is 13.1 Å². The van der Waals surface area contributed by atoms with Gasteiger partial charge >= 0.3 is 0 Å². The number of halogens is 5. The van der Waals surface area contributed by atoms with Gasteiger partial charge in [0.15, 0.2) is 23.3 Å². The van der Waals surface area contributed by atoms with Crippen molar-refractivity contribution in [3.05, 3.63) is 34.6 Å². The monoisotopic (exact) mass is 297 g/mol. The van der Waals surface area contributed by atoms with Gasteiger partial charge in [-0.2, -0.15) is 0 Å². The first kappa shape index (κ1) is 14.7. The number of hydrogen-bond donors (Lipinski definition) is 2. The van der Waals surface area contributed by atoms with Crippen molar-refractivity contribution < 1.29 is 37.0 Å². The Hall–Kier alpha value is -1.74. The molecule has 1 aliphatic heterocycles. The summed E-state index contributed by atoms with van der Waals surface area (Å²) in [5.41, 5.74) is -1.61. The highest BCUT2D eigenvalue weighted by Crippen LogP contribution is 2.25. The lowest BCUT2D eigenvalue weighted by atomic mass is 10.1. The maximum absolute atomic E-state index is 13.4. The van der Waals surface area contributed by atoms with E-state index in [1.807, 2.05) is 0 Å². The van der Waals surface area contributed by atoms with Gasteiger partial charge in [0.05, 0.1) is 12.2 Å². The Kier molecular flexibility index (Phi) is 3.65. The quantitative estimate of drug-likeness (QED) is 0.452. The van der Waals surface area contributed by atoms with E-state index in [0.717, 1.165) is 0 Å². The first-order valence-corrected chi connectivity index (χ1v) is 5.42. The molecule has 1 fully saturated rings. The van der Waals surface area contributed by atoms with Crippen LogP contribution in [0, 0.1) is 29.1 Å². The summed E-state index contributed by atoms with van der Waals surface area (Å²) in [4.78, 5) is 12.4. The van der Waals surface area contributed by atoms with Crippen molar-refractivity contribution >= 4 is 5.91 Å². The molecule has 0 aromatic heterocycles. The molecule has 1 amide bonds. The highest BCUT2D eigenvalue weighted by Gasteiger charge is 2.37. The largest absolute Gasteiger partial charge is 0.388 e. The number of likely N-dealkylation sites (tertiary alicyclic amines) is 1. The summed E-state index contributed by atoms with van der Waals surface area (Å²) in [7, 11) is 0. The topological polar surface area (TPSA) is 60.8 Å². The number of carbonyl (C=O) groups excluding carboxylic acids is 1. The van der Waals surface area contributed by atoms with Crippen molar-refractivity contribution in [2.24, 2.45) is 0 Å². The Morgan fingerprint density at radius 2 is 1.20 bits per heavy atom. The van der Waals surface area contributed by atoms with Crippen molar-refractivity contribution in [2.45, 2.75) is 12.2 Å². The molecule has 0 saturated carbocycles. The number of benzene rings is 1. The van der Waals surface area contributed by atoms with Crippen molar-refractivity contribution in [1.82, 2.24) is 4.90 Å². The molecule has 0 bridgehead atoms. The van der Waals surface area contributed by atoms with Gasteiger partial charge in [-0.3, -0.25) is 4.79 Å². The summed E-state index contributed by atoms with van der Waals surface area (Å²) in [5.74, 6) is -12.8. The SMILES string of the molecule is O=C(c1c(F)c(F)c(F)c(F)c1F)N1C[C@@H](O)[C@@H](O)C1. The zero-order valence-corrected chi connectivity index (χ0v) is 9.71. The van der Waals surface area contributed by atoms with E-state index in [4.69, 9.17) is 0 Å². The fourth-order valence-electron chi connectivity index (χ4n) is 1.89. The fourth-order valence-corrected chi connectivity index (χ4v) is 1.89. The van der Waals surface area contributed by atoms with Gasteiger partial charge < -0.3 is 15.1 Å². The van der Waals surface area contributed by atoms with Gasteiger partial charge in [-0.05, 0) is 0 Å². The summed E-state index contributed by atoms with van der Waals surface area (Å²) >= 11 is 0. The number of nitrogens with zero attached hydrogens (tertiary/aromatic N) is 1. The van der Waals surface area contributed by atoms with Crippen molar-refractivity contribution in [2.75, 3.05) is 13.1 Å². The van der Waals surface area contributed by atoms with Gasteiger partial charge in [-0.1, -0.05) is 0 Å². The summed E-state index contributed by atoms with van der Waals surface area (Å²) in [6.45, 7) is -0.945. The molecule has 4 nitrogen and oxygen atoms in total. The third-order valence-electron chi connectivity index (χ3n) is 2.97. The molecule has 1 heterocycles. The van der Waals surface area contributed by atoms with Crippen LogP contribution in [0.25, 0.3) is 0 Å². The Balaban J connectivity index is 2.46. The van der Waals surface area contributed by atoms with Gasteiger partial charge in [0.2, 0.25) is 5.82 Å². The Bertz CT molecular complexity index is 541. The van der Waals surface area contributed by atoms with Crippen molar-refractivity contribution in [3.63, 3.8) is 0 Å². The first-order chi connectivity index (χ1) is 9.25. The zero-order chi connectivity index (χ0) is 15.2. The van der Waals surface area contributed by atoms with Crippen LogP contribution in [-0.2, 0) is 0 Å². The molecule has 2 rings (SSSR count). The number of carbonyl (C=O) groups is 1. The molecule has 20 heavy (non-hydrogen) atoms. The minimum absolute atomic E-state index is 0.473. The second-order valence-electron chi connectivity index (χ2n) is 4.29. The summed E-state index contributed by atoms with van der Waals surface area (Å²) in [5, 5.41) is 18.4. The molecule has 1 aromatic rings. The number of amides is 1. The Morgan fingerprint density at radius 3 is 1.60 bits per heavy atom. The Labute approximate surface area is 109 Å². The number of rotatable bonds is 1. The highest BCUT2D eigenvalue weighted by atomic mass is 19.2. The standard InChI is InChI=1S/C11H8F5NO3/c12-6-5(7(13)9(15)10(16)8(6)14)11(20)17-1-3(18)4(19)2-17/h3-4,18-19H,1-2H2/t3-,4+. The average Bonchev–Trinajstić information content (AvgIpc) is 2.74. The lowest BCUT2D eigenvalue weighted by Gasteiger charge is -2.16. The molecule has 2 atom stereocenters. The molecule has 110 valence electrons. The van der Waals surface area contributed by atoms with E-state index >= 15 is 0 Å². The van der Waals surface area contributed by atoms with Crippen LogP contribution < -0.4 is 0 Å². The average molecular weight is 297 g/mol. The van der Waals surface area contributed by atoms with Gasteiger partial charge in [-0.25, -0.2) is 22.0 Å². The molecule has 1 aromatic carbocycles. The van der Waals surface area contributed by atoms with Gasteiger partial charge in [-0.15, -0.1) is 0 Å².